The lowest BCUT2D eigenvalue weighted by Crippen LogP contribution is -2.48. The van der Waals surface area contributed by atoms with E-state index in [1.54, 1.807) is 25.1 Å². The fraction of sp³-hybridized carbons (Fsp3) is 0.333. The zero-order valence-corrected chi connectivity index (χ0v) is 25.3. The third kappa shape index (κ3) is 6.92. The second-order valence-electron chi connectivity index (χ2n) is 9.96. The van der Waals surface area contributed by atoms with E-state index in [0.29, 0.717) is 10.5 Å². The average Bonchev–Trinajstić information content (AvgIpc) is 2.95. The first-order valence-electron chi connectivity index (χ1n) is 12.4. The van der Waals surface area contributed by atoms with Crippen molar-refractivity contribution in [2.24, 2.45) is 5.41 Å². The number of fused-ring (bicyclic) bond motifs is 1. The Balaban J connectivity index is 1.65. The number of sulfonamides is 1. The highest BCUT2D eigenvalue weighted by molar-refractivity contribution is 9.10. The van der Waals surface area contributed by atoms with E-state index in [1.807, 2.05) is 0 Å². The van der Waals surface area contributed by atoms with Gasteiger partial charge in [0.05, 0.1) is 47.4 Å². The van der Waals surface area contributed by atoms with Gasteiger partial charge in [-0.1, -0.05) is 39.7 Å². The summed E-state index contributed by atoms with van der Waals surface area (Å²) in [4.78, 5) is -0.739. The van der Waals surface area contributed by atoms with E-state index in [1.165, 1.54) is 24.3 Å². The third-order valence-corrected chi connectivity index (χ3v) is 10.3. The molecule has 0 saturated carbocycles. The van der Waals surface area contributed by atoms with Crippen LogP contribution in [-0.2, 0) is 30.5 Å². The van der Waals surface area contributed by atoms with Crippen molar-refractivity contribution in [3.8, 4) is 5.75 Å². The smallest absolute Gasteiger partial charge is 0.416 e. The quantitative estimate of drug-likeness (QED) is 0.297. The van der Waals surface area contributed by atoms with Crippen LogP contribution in [0.15, 0.2) is 81.0 Å². The number of halogens is 4. The van der Waals surface area contributed by atoms with Crippen molar-refractivity contribution in [1.29, 1.82) is 0 Å². The van der Waals surface area contributed by atoms with Crippen molar-refractivity contribution >= 4 is 41.8 Å². The molecule has 15 heteroatoms. The number of ether oxygens (including phenoxy) is 1. The molecule has 0 radical (unpaired) electrons. The minimum absolute atomic E-state index is 0.0508. The molecule has 0 spiro atoms. The van der Waals surface area contributed by atoms with Crippen LogP contribution >= 0.6 is 15.9 Å². The molecule has 0 saturated heterocycles. The normalized spacial score (nSPS) is 16.2. The average molecular weight is 695 g/mol. The maximum atomic E-state index is 13.7. The summed E-state index contributed by atoms with van der Waals surface area (Å²) in [5, 5.41) is 20.4. The maximum absolute atomic E-state index is 13.7. The van der Waals surface area contributed by atoms with Crippen LogP contribution in [0.3, 0.4) is 0 Å². The molecule has 42 heavy (non-hydrogen) atoms. The van der Waals surface area contributed by atoms with E-state index in [2.05, 4.69) is 15.9 Å². The standard InChI is InChI=1S/C27H27BrF3NO8S2/c1-18-5-8-22(9-6-18)42(37,38)39-17-26(15-33,16-34)13-21-14-32(24-12-20(28)7-10-25(24)40-21)41(35,36)23-4-2-3-19(11-23)27(29,30)31/h2-12,21,33-34H,13-17H2,1H3. The van der Waals surface area contributed by atoms with Crippen LogP contribution in [0.2, 0.25) is 0 Å². The predicted molar refractivity (Wildman–Crippen MR) is 150 cm³/mol. The molecular weight excluding hydrogens is 667 g/mol. The lowest BCUT2D eigenvalue weighted by atomic mass is 9.84. The molecule has 9 nitrogen and oxygen atoms in total. The number of rotatable bonds is 10. The number of benzene rings is 3. The fourth-order valence-corrected chi connectivity index (χ4v) is 7.27. The van der Waals surface area contributed by atoms with Gasteiger partial charge < -0.3 is 14.9 Å². The predicted octanol–water partition coefficient (Wildman–Crippen LogP) is 4.50. The highest BCUT2D eigenvalue weighted by Gasteiger charge is 2.41. The van der Waals surface area contributed by atoms with Gasteiger partial charge in [-0.05, 0) is 61.9 Å². The number of aliphatic hydroxyl groups excluding tert-OH is 2. The molecular formula is C27H27BrF3NO8S2. The van der Waals surface area contributed by atoms with Crippen LogP contribution < -0.4 is 9.04 Å². The Hall–Kier alpha value is -2.69. The van der Waals surface area contributed by atoms with Gasteiger partial charge in [-0.15, -0.1) is 0 Å². The minimum Gasteiger partial charge on any atom is -0.486 e. The molecule has 1 aliphatic rings. The van der Waals surface area contributed by atoms with Crippen LogP contribution in [0, 0.1) is 12.3 Å². The van der Waals surface area contributed by atoms with Crippen molar-refractivity contribution < 1.29 is 49.1 Å². The number of anilines is 1. The van der Waals surface area contributed by atoms with Gasteiger partial charge in [0.25, 0.3) is 20.1 Å². The summed E-state index contributed by atoms with van der Waals surface area (Å²) < 4.78 is 106. The Morgan fingerprint density at radius 3 is 2.26 bits per heavy atom. The molecule has 4 rings (SSSR count). The van der Waals surface area contributed by atoms with Gasteiger partial charge in [-0.3, -0.25) is 8.49 Å². The maximum Gasteiger partial charge on any atom is 0.416 e. The zero-order chi connectivity index (χ0) is 30.9. The van der Waals surface area contributed by atoms with Gasteiger partial charge in [0.1, 0.15) is 11.9 Å². The Kier molecular flexibility index (Phi) is 9.31. The first-order chi connectivity index (χ1) is 19.6. The summed E-state index contributed by atoms with van der Waals surface area (Å²) in [5.74, 6) is 0.0722. The monoisotopic (exact) mass is 693 g/mol. The van der Waals surface area contributed by atoms with Crippen molar-refractivity contribution in [1.82, 2.24) is 0 Å². The van der Waals surface area contributed by atoms with Gasteiger partial charge in [0, 0.05) is 9.89 Å². The number of nitrogens with zero attached hydrogens (tertiary/aromatic N) is 1. The molecule has 1 unspecified atom stereocenters. The summed E-state index contributed by atoms with van der Waals surface area (Å²) in [5.41, 5.74) is -1.87. The molecule has 3 aromatic carbocycles. The van der Waals surface area contributed by atoms with Gasteiger partial charge in [-0.2, -0.15) is 21.6 Å². The van der Waals surface area contributed by atoms with E-state index in [0.717, 1.165) is 28.1 Å². The molecule has 1 heterocycles. The van der Waals surface area contributed by atoms with Crippen LogP contribution in [0.4, 0.5) is 18.9 Å². The molecule has 0 bridgehead atoms. The molecule has 1 atom stereocenters. The van der Waals surface area contributed by atoms with Crippen LogP contribution in [-0.4, -0.2) is 59.5 Å². The highest BCUT2D eigenvalue weighted by Crippen LogP contribution is 2.42. The topological polar surface area (TPSA) is 130 Å². The molecule has 0 amide bonds. The molecule has 1 aliphatic heterocycles. The molecule has 0 fully saturated rings. The lowest BCUT2D eigenvalue weighted by molar-refractivity contribution is -0.137. The largest absolute Gasteiger partial charge is 0.486 e. The van der Waals surface area contributed by atoms with Gasteiger partial charge in [0.15, 0.2) is 0 Å². The molecule has 228 valence electrons. The van der Waals surface area contributed by atoms with Gasteiger partial charge in [0.2, 0.25) is 0 Å². The fourth-order valence-electron chi connectivity index (χ4n) is 4.37. The van der Waals surface area contributed by atoms with Crippen molar-refractivity contribution in [3.05, 3.63) is 82.3 Å². The van der Waals surface area contributed by atoms with Crippen molar-refractivity contribution in [3.63, 3.8) is 0 Å². The Labute approximate surface area is 249 Å². The second-order valence-corrected chi connectivity index (χ2v) is 14.4. The van der Waals surface area contributed by atoms with Crippen LogP contribution in [0.5, 0.6) is 5.75 Å². The van der Waals surface area contributed by atoms with Crippen molar-refractivity contribution in [2.45, 2.75) is 35.4 Å². The summed E-state index contributed by atoms with van der Waals surface area (Å²) in [6.07, 6.45) is -6.11. The second kappa shape index (κ2) is 12.1. The zero-order valence-electron chi connectivity index (χ0n) is 22.1. The Morgan fingerprint density at radius 1 is 0.976 bits per heavy atom. The van der Waals surface area contributed by atoms with Crippen LogP contribution in [0.1, 0.15) is 17.5 Å². The van der Waals surface area contributed by atoms with Gasteiger partial charge >= 0.3 is 6.18 Å². The first kappa shape index (κ1) is 32.2. The van der Waals surface area contributed by atoms with E-state index in [4.69, 9.17) is 8.92 Å². The third-order valence-electron chi connectivity index (χ3n) is 6.76. The van der Waals surface area contributed by atoms with Gasteiger partial charge in [-0.25, -0.2) is 8.42 Å². The number of hydrogen-bond acceptors (Lipinski definition) is 8. The number of hydrogen-bond donors (Lipinski definition) is 2. The van der Waals surface area contributed by atoms with E-state index in [9.17, 15) is 40.2 Å². The summed E-state index contributed by atoms with van der Waals surface area (Å²) in [6, 6.07) is 13.6. The van der Waals surface area contributed by atoms with E-state index >= 15 is 0 Å². The summed E-state index contributed by atoms with van der Waals surface area (Å²) in [6.45, 7) is -0.809. The number of aliphatic hydroxyl groups is 2. The lowest BCUT2D eigenvalue weighted by Gasteiger charge is -2.39. The number of aryl methyl sites for hydroxylation is 1. The summed E-state index contributed by atoms with van der Waals surface area (Å²) >= 11 is 3.26. The van der Waals surface area contributed by atoms with Crippen molar-refractivity contribution in [2.75, 3.05) is 30.7 Å². The summed E-state index contributed by atoms with van der Waals surface area (Å²) in [7, 11) is -8.85. The minimum atomic E-state index is -4.78. The first-order valence-corrected chi connectivity index (χ1v) is 16.1. The van der Waals surface area contributed by atoms with Crippen LogP contribution in [0.25, 0.3) is 0 Å². The molecule has 2 N–H and O–H groups in total. The Morgan fingerprint density at radius 2 is 1.64 bits per heavy atom. The Bertz CT molecular complexity index is 1640. The van der Waals surface area contributed by atoms with E-state index in [-0.39, 0.29) is 22.8 Å². The number of alkyl halides is 3. The molecule has 0 aromatic heterocycles. The molecule has 3 aromatic rings. The van der Waals surface area contributed by atoms with E-state index < -0.39 is 74.7 Å². The highest BCUT2D eigenvalue weighted by atomic mass is 79.9. The SMILES string of the molecule is Cc1ccc(S(=O)(=O)OCC(CO)(CO)CC2CN(S(=O)(=O)c3cccc(C(F)(F)F)c3)c3cc(Br)ccc3O2)cc1. The molecule has 0 aliphatic carbocycles.